The maximum Gasteiger partial charge on any atom is 0.222 e. The Morgan fingerprint density at radius 2 is 2.42 bits per heavy atom. The van der Waals surface area contributed by atoms with Gasteiger partial charge in [-0.1, -0.05) is 13.8 Å². The van der Waals surface area contributed by atoms with Crippen LogP contribution in [0, 0.1) is 12.5 Å². The van der Waals surface area contributed by atoms with Crippen molar-refractivity contribution in [3.8, 4) is 0 Å². The number of nitrogens with zero attached hydrogens (tertiary/aromatic N) is 2. The molecule has 12 heavy (non-hydrogen) atoms. The molecule has 0 N–H and O–H groups in total. The molecule has 1 rings (SSSR count). The summed E-state index contributed by atoms with van der Waals surface area (Å²) in [6, 6.07) is 0. The van der Waals surface area contributed by atoms with Crippen LogP contribution in [0.15, 0.2) is 11.7 Å². The normalized spacial score (nSPS) is 12.8. The summed E-state index contributed by atoms with van der Waals surface area (Å²) in [6.45, 7) is 11.7. The van der Waals surface area contributed by atoms with E-state index in [0.29, 0.717) is 18.4 Å². The van der Waals surface area contributed by atoms with Crippen molar-refractivity contribution in [2.24, 2.45) is 5.92 Å². The van der Waals surface area contributed by atoms with Crippen molar-refractivity contribution >= 4 is 11.3 Å². The first-order valence-corrected chi connectivity index (χ1v) is 4.85. The van der Waals surface area contributed by atoms with Gasteiger partial charge >= 0.3 is 0 Å². The van der Waals surface area contributed by atoms with Crippen molar-refractivity contribution in [3.63, 3.8) is 0 Å². The zero-order valence-electron chi connectivity index (χ0n) is 7.32. The largest absolute Gasteiger partial charge is 0.316 e. The quantitative estimate of drug-likeness (QED) is 0.654. The molecule has 1 aromatic heterocycles. The Bertz CT molecular complexity index is 259. The standard InChI is InChI=1S/C9H12N2S/c1-7(2)8(4-10-3)9-5-11-6-12-9/h5-8H,4H2,1-2H3. The number of aromatic nitrogens is 1. The summed E-state index contributed by atoms with van der Waals surface area (Å²) in [6.07, 6.45) is 1.88. The highest BCUT2D eigenvalue weighted by Crippen LogP contribution is 2.27. The van der Waals surface area contributed by atoms with Crippen LogP contribution in [-0.2, 0) is 0 Å². The van der Waals surface area contributed by atoms with Crippen LogP contribution in [0.2, 0.25) is 0 Å². The molecule has 1 atom stereocenters. The Hall–Kier alpha value is -0.880. The average Bonchev–Trinajstić information content (AvgIpc) is 2.51. The third kappa shape index (κ3) is 2.05. The third-order valence-electron chi connectivity index (χ3n) is 1.91. The molecule has 1 aromatic rings. The minimum atomic E-state index is 0.370. The summed E-state index contributed by atoms with van der Waals surface area (Å²) in [7, 11) is 0. The molecule has 0 bridgehead atoms. The van der Waals surface area contributed by atoms with Crippen LogP contribution in [0.4, 0.5) is 0 Å². The van der Waals surface area contributed by atoms with E-state index in [2.05, 4.69) is 23.7 Å². The molecular formula is C9H12N2S. The van der Waals surface area contributed by atoms with Crippen molar-refractivity contribution < 1.29 is 0 Å². The zero-order valence-corrected chi connectivity index (χ0v) is 8.14. The molecule has 0 aromatic carbocycles. The lowest BCUT2D eigenvalue weighted by molar-refractivity contribution is 0.532. The smallest absolute Gasteiger partial charge is 0.222 e. The zero-order chi connectivity index (χ0) is 8.97. The lowest BCUT2D eigenvalue weighted by Gasteiger charge is -2.11. The first kappa shape index (κ1) is 9.21. The summed E-state index contributed by atoms with van der Waals surface area (Å²) >= 11 is 1.64. The van der Waals surface area contributed by atoms with E-state index in [0.717, 1.165) is 0 Å². The van der Waals surface area contributed by atoms with Crippen molar-refractivity contribution in [3.05, 3.63) is 28.0 Å². The van der Waals surface area contributed by atoms with Gasteiger partial charge in [-0.3, -0.25) is 4.98 Å². The number of thiazole rings is 1. The summed E-state index contributed by atoms with van der Waals surface area (Å²) in [5, 5.41) is 0. The first-order chi connectivity index (χ1) is 5.75. The van der Waals surface area contributed by atoms with Crippen LogP contribution in [-0.4, -0.2) is 11.5 Å². The van der Waals surface area contributed by atoms with E-state index in [1.165, 1.54) is 4.88 Å². The molecule has 0 fully saturated rings. The topological polar surface area (TPSA) is 17.2 Å². The second kappa shape index (κ2) is 4.22. The Morgan fingerprint density at radius 1 is 1.67 bits per heavy atom. The summed E-state index contributed by atoms with van der Waals surface area (Å²) in [5.41, 5.74) is 1.83. The fourth-order valence-electron chi connectivity index (χ4n) is 1.14. The maximum absolute atomic E-state index is 6.84. The highest BCUT2D eigenvalue weighted by atomic mass is 32.1. The van der Waals surface area contributed by atoms with Gasteiger partial charge in [0.1, 0.15) is 0 Å². The van der Waals surface area contributed by atoms with Crippen LogP contribution in [0.25, 0.3) is 4.85 Å². The fraction of sp³-hybridized carbons (Fsp3) is 0.556. The van der Waals surface area contributed by atoms with E-state index in [1.807, 2.05) is 11.7 Å². The molecule has 0 aliphatic carbocycles. The summed E-state index contributed by atoms with van der Waals surface area (Å²) in [4.78, 5) is 8.70. The van der Waals surface area contributed by atoms with E-state index in [4.69, 9.17) is 6.57 Å². The Labute approximate surface area is 77.1 Å². The van der Waals surface area contributed by atoms with Gasteiger partial charge in [0.15, 0.2) is 0 Å². The highest BCUT2D eigenvalue weighted by Gasteiger charge is 2.19. The maximum atomic E-state index is 6.84. The number of rotatable bonds is 3. The van der Waals surface area contributed by atoms with E-state index in [-0.39, 0.29) is 0 Å². The molecule has 0 radical (unpaired) electrons. The van der Waals surface area contributed by atoms with Gasteiger partial charge in [0.2, 0.25) is 6.54 Å². The van der Waals surface area contributed by atoms with Gasteiger partial charge in [0.25, 0.3) is 0 Å². The van der Waals surface area contributed by atoms with Crippen LogP contribution < -0.4 is 0 Å². The molecule has 64 valence electrons. The van der Waals surface area contributed by atoms with Crippen molar-refractivity contribution in [1.82, 2.24) is 4.98 Å². The van der Waals surface area contributed by atoms with Crippen molar-refractivity contribution in [2.45, 2.75) is 19.8 Å². The Kier molecular flexibility index (Phi) is 3.24. The second-order valence-electron chi connectivity index (χ2n) is 3.09. The van der Waals surface area contributed by atoms with Crippen molar-refractivity contribution in [2.75, 3.05) is 6.54 Å². The molecule has 0 saturated carbocycles. The average molecular weight is 180 g/mol. The lowest BCUT2D eigenvalue weighted by Crippen LogP contribution is -2.07. The van der Waals surface area contributed by atoms with Gasteiger partial charge in [-0.05, 0) is 5.92 Å². The minimum absolute atomic E-state index is 0.370. The molecular weight excluding hydrogens is 168 g/mol. The van der Waals surface area contributed by atoms with E-state index in [9.17, 15) is 0 Å². The van der Waals surface area contributed by atoms with Gasteiger partial charge < -0.3 is 4.85 Å². The highest BCUT2D eigenvalue weighted by molar-refractivity contribution is 7.09. The van der Waals surface area contributed by atoms with Crippen LogP contribution >= 0.6 is 11.3 Å². The minimum Gasteiger partial charge on any atom is -0.316 e. The second-order valence-corrected chi connectivity index (χ2v) is 4.01. The van der Waals surface area contributed by atoms with Crippen LogP contribution in [0.3, 0.4) is 0 Å². The molecule has 0 aliphatic heterocycles. The Balaban J connectivity index is 2.75. The van der Waals surface area contributed by atoms with Gasteiger partial charge in [-0.25, -0.2) is 6.57 Å². The van der Waals surface area contributed by atoms with E-state index >= 15 is 0 Å². The molecule has 0 amide bonds. The van der Waals surface area contributed by atoms with Gasteiger partial charge in [-0.15, -0.1) is 11.3 Å². The van der Waals surface area contributed by atoms with E-state index < -0.39 is 0 Å². The summed E-state index contributed by atoms with van der Waals surface area (Å²) < 4.78 is 0. The SMILES string of the molecule is [C-]#[N+]CC(c1cncs1)C(C)C. The molecule has 1 heterocycles. The monoisotopic (exact) mass is 180 g/mol. The molecule has 1 unspecified atom stereocenters. The van der Waals surface area contributed by atoms with Crippen LogP contribution in [0.1, 0.15) is 24.6 Å². The van der Waals surface area contributed by atoms with Crippen LogP contribution in [0.5, 0.6) is 0 Å². The van der Waals surface area contributed by atoms with Crippen molar-refractivity contribution in [1.29, 1.82) is 0 Å². The first-order valence-electron chi connectivity index (χ1n) is 3.97. The number of hydrogen-bond donors (Lipinski definition) is 0. The van der Waals surface area contributed by atoms with Gasteiger partial charge in [-0.2, -0.15) is 0 Å². The molecule has 0 spiro atoms. The predicted octanol–water partition coefficient (Wildman–Crippen LogP) is 2.80. The van der Waals surface area contributed by atoms with Gasteiger partial charge in [0.05, 0.1) is 11.4 Å². The van der Waals surface area contributed by atoms with Gasteiger partial charge in [0, 0.05) is 11.1 Å². The summed E-state index contributed by atoms with van der Waals surface area (Å²) in [5.74, 6) is 0.898. The fourth-order valence-corrected chi connectivity index (χ4v) is 2.02. The lowest BCUT2D eigenvalue weighted by atomic mass is 9.95. The van der Waals surface area contributed by atoms with E-state index in [1.54, 1.807) is 11.3 Å². The number of hydrogen-bond acceptors (Lipinski definition) is 2. The molecule has 2 nitrogen and oxygen atoms in total. The Morgan fingerprint density at radius 3 is 2.83 bits per heavy atom. The predicted molar refractivity (Wildman–Crippen MR) is 51.2 cm³/mol. The third-order valence-corrected chi connectivity index (χ3v) is 2.82. The molecule has 3 heteroatoms. The molecule has 0 aliphatic rings. The molecule has 0 saturated heterocycles.